The van der Waals surface area contributed by atoms with Crippen molar-refractivity contribution in [2.24, 2.45) is 5.41 Å². The zero-order valence-corrected chi connectivity index (χ0v) is 19.2. The predicted molar refractivity (Wildman–Crippen MR) is 121 cm³/mol. The molecule has 4 rings (SSSR count). The molecule has 1 fully saturated rings. The Kier molecular flexibility index (Phi) is 5.46. The Labute approximate surface area is 187 Å². The van der Waals surface area contributed by atoms with Crippen LogP contribution >= 0.6 is 0 Å². The maximum absolute atomic E-state index is 13.7. The van der Waals surface area contributed by atoms with Crippen LogP contribution in [0.15, 0.2) is 48.8 Å². The topological polar surface area (TPSA) is 65.0 Å². The average molecular weight is 441 g/mol. The van der Waals surface area contributed by atoms with E-state index in [2.05, 4.69) is 53.0 Å². The number of likely N-dealkylation sites (tertiary alicyclic amines) is 1. The van der Waals surface area contributed by atoms with E-state index in [4.69, 9.17) is 0 Å². The van der Waals surface area contributed by atoms with E-state index in [1.165, 1.54) is 11.6 Å². The molecular weight excluding hydrogens is 410 g/mol. The second-order valence-corrected chi connectivity index (χ2v) is 9.74. The molecule has 0 amide bonds. The number of rotatable bonds is 6. The van der Waals surface area contributed by atoms with E-state index in [9.17, 15) is 13.9 Å². The van der Waals surface area contributed by atoms with Crippen LogP contribution in [0, 0.1) is 5.41 Å². The van der Waals surface area contributed by atoms with Crippen LogP contribution in [-0.2, 0) is 11.5 Å². The first kappa shape index (κ1) is 22.6. The molecule has 7 heteroatoms. The first-order chi connectivity index (χ1) is 14.9. The first-order valence-corrected chi connectivity index (χ1v) is 10.8. The molecule has 0 spiro atoms. The van der Waals surface area contributed by atoms with Gasteiger partial charge in [0.1, 0.15) is 11.3 Å². The molecule has 0 unspecified atom stereocenters. The van der Waals surface area contributed by atoms with Crippen molar-refractivity contribution in [3.8, 4) is 11.3 Å². The summed E-state index contributed by atoms with van der Waals surface area (Å²) >= 11 is 0. The van der Waals surface area contributed by atoms with Crippen LogP contribution in [0.25, 0.3) is 11.3 Å². The highest BCUT2D eigenvalue weighted by Crippen LogP contribution is 2.50. The van der Waals surface area contributed by atoms with Gasteiger partial charge in [-0.3, -0.25) is 10.1 Å². The molecule has 0 bridgehead atoms. The largest absolute Gasteiger partial charge is 0.380 e. The van der Waals surface area contributed by atoms with Crippen molar-refractivity contribution in [3.05, 3.63) is 71.2 Å². The van der Waals surface area contributed by atoms with Gasteiger partial charge in [0.2, 0.25) is 0 Å². The number of nitrogens with one attached hydrogen (secondary N) is 1. The molecule has 170 valence electrons. The maximum Gasteiger partial charge on any atom is 0.286 e. The second-order valence-electron chi connectivity index (χ2n) is 9.74. The summed E-state index contributed by atoms with van der Waals surface area (Å²) in [4.78, 5) is 6.51. The summed E-state index contributed by atoms with van der Waals surface area (Å²) in [5.41, 5.74) is 1.55. The number of aromatic amines is 1. The van der Waals surface area contributed by atoms with Crippen LogP contribution in [0.3, 0.4) is 0 Å². The number of H-pyrrole nitrogens is 1. The van der Waals surface area contributed by atoms with Crippen molar-refractivity contribution in [2.75, 3.05) is 20.1 Å². The summed E-state index contributed by atoms with van der Waals surface area (Å²) in [6.45, 7) is 8.60. The van der Waals surface area contributed by atoms with E-state index in [1.807, 2.05) is 19.2 Å². The summed E-state index contributed by atoms with van der Waals surface area (Å²) in [5, 5.41) is 18.7. The van der Waals surface area contributed by atoms with Crippen LogP contribution in [0.2, 0.25) is 0 Å². The maximum atomic E-state index is 13.7. The Bertz CT molecular complexity index is 1100. The van der Waals surface area contributed by atoms with Gasteiger partial charge in [0.25, 0.3) is 5.92 Å². The number of nitrogens with zero attached hydrogens (tertiary/aromatic N) is 3. The average Bonchev–Trinajstić information content (AvgIpc) is 3.23. The Hall–Kier alpha value is -2.64. The molecule has 32 heavy (non-hydrogen) atoms. The van der Waals surface area contributed by atoms with E-state index in [0.29, 0.717) is 35.8 Å². The van der Waals surface area contributed by atoms with Gasteiger partial charge in [0.05, 0.1) is 5.69 Å². The van der Waals surface area contributed by atoms with Crippen molar-refractivity contribution in [1.82, 2.24) is 20.1 Å². The SMILES string of the molecule is CC(C)c1ccc([C@](O)(c2cncc(-c3cc(C(C)(F)F)[nH]n3)c2)C2(C)CN(C)C2)cc1. The van der Waals surface area contributed by atoms with Crippen LogP contribution < -0.4 is 0 Å². The van der Waals surface area contributed by atoms with Gasteiger partial charge in [0, 0.05) is 48.9 Å². The normalized spacial score (nSPS) is 18.4. The molecule has 3 aromatic rings. The number of halogens is 2. The first-order valence-electron chi connectivity index (χ1n) is 10.8. The highest BCUT2D eigenvalue weighted by atomic mass is 19.3. The Morgan fingerprint density at radius 2 is 1.75 bits per heavy atom. The fourth-order valence-electron chi connectivity index (χ4n) is 4.82. The van der Waals surface area contributed by atoms with Crippen molar-refractivity contribution in [1.29, 1.82) is 0 Å². The Balaban J connectivity index is 1.80. The third-order valence-electron chi connectivity index (χ3n) is 6.61. The summed E-state index contributed by atoms with van der Waals surface area (Å²) in [5.74, 6) is -2.63. The lowest BCUT2D eigenvalue weighted by atomic mass is 9.62. The fourth-order valence-corrected chi connectivity index (χ4v) is 4.82. The molecule has 1 aliphatic heterocycles. The third-order valence-corrected chi connectivity index (χ3v) is 6.61. The predicted octanol–water partition coefficient (Wildman–Crippen LogP) is 4.89. The summed E-state index contributed by atoms with van der Waals surface area (Å²) in [6.07, 6.45) is 3.24. The number of aromatic nitrogens is 3. The molecule has 0 saturated carbocycles. The molecule has 1 aliphatic rings. The third kappa shape index (κ3) is 3.73. The minimum absolute atomic E-state index is 0.259. The smallest absolute Gasteiger partial charge is 0.286 e. The van der Waals surface area contributed by atoms with Crippen LogP contribution in [0.5, 0.6) is 0 Å². The van der Waals surface area contributed by atoms with Crippen molar-refractivity contribution in [3.63, 3.8) is 0 Å². The zero-order chi connectivity index (χ0) is 23.3. The van der Waals surface area contributed by atoms with Crippen molar-refractivity contribution < 1.29 is 13.9 Å². The highest BCUT2D eigenvalue weighted by Gasteiger charge is 2.55. The van der Waals surface area contributed by atoms with Gasteiger partial charge in [0.15, 0.2) is 0 Å². The second kappa shape index (κ2) is 7.74. The van der Waals surface area contributed by atoms with Gasteiger partial charge in [-0.05, 0) is 36.2 Å². The molecule has 2 N–H and O–H groups in total. The zero-order valence-electron chi connectivity index (χ0n) is 19.2. The summed E-state index contributed by atoms with van der Waals surface area (Å²) in [7, 11) is 2.02. The van der Waals surface area contributed by atoms with Crippen LogP contribution in [0.4, 0.5) is 8.78 Å². The Morgan fingerprint density at radius 3 is 2.28 bits per heavy atom. The molecule has 1 saturated heterocycles. The van der Waals surface area contributed by atoms with Gasteiger partial charge in [-0.1, -0.05) is 45.0 Å². The molecule has 1 aromatic carbocycles. The van der Waals surface area contributed by atoms with Crippen LogP contribution in [-0.4, -0.2) is 45.3 Å². The monoisotopic (exact) mass is 440 g/mol. The number of alkyl halides is 2. The number of aliphatic hydroxyl groups is 1. The van der Waals surface area contributed by atoms with E-state index >= 15 is 0 Å². The fraction of sp³-hybridized carbons (Fsp3) is 0.440. The molecule has 5 nitrogen and oxygen atoms in total. The lowest BCUT2D eigenvalue weighted by molar-refractivity contribution is -0.127. The molecule has 1 atom stereocenters. The quantitative estimate of drug-likeness (QED) is 0.573. The molecular formula is C25H30F2N4O. The van der Waals surface area contributed by atoms with E-state index in [0.717, 1.165) is 12.5 Å². The van der Waals surface area contributed by atoms with Crippen molar-refractivity contribution >= 4 is 0 Å². The molecule has 0 aliphatic carbocycles. The number of hydrogen-bond donors (Lipinski definition) is 2. The molecule has 0 radical (unpaired) electrons. The molecule has 2 aromatic heterocycles. The molecule has 3 heterocycles. The van der Waals surface area contributed by atoms with Gasteiger partial charge < -0.3 is 10.0 Å². The van der Waals surface area contributed by atoms with E-state index in [-0.39, 0.29) is 5.69 Å². The number of pyridine rings is 1. The minimum atomic E-state index is -3.01. The summed E-state index contributed by atoms with van der Waals surface area (Å²) < 4.78 is 27.4. The lowest BCUT2D eigenvalue weighted by Gasteiger charge is -2.55. The minimum Gasteiger partial charge on any atom is -0.380 e. The van der Waals surface area contributed by atoms with Crippen LogP contribution in [0.1, 0.15) is 56.0 Å². The summed E-state index contributed by atoms with van der Waals surface area (Å²) in [6, 6.07) is 11.2. The number of hydrogen-bond acceptors (Lipinski definition) is 4. The van der Waals surface area contributed by atoms with E-state index in [1.54, 1.807) is 18.5 Å². The van der Waals surface area contributed by atoms with E-state index < -0.39 is 16.9 Å². The van der Waals surface area contributed by atoms with Gasteiger partial charge in [-0.25, -0.2) is 0 Å². The highest BCUT2D eigenvalue weighted by molar-refractivity contribution is 5.60. The van der Waals surface area contributed by atoms with Gasteiger partial charge >= 0.3 is 0 Å². The Morgan fingerprint density at radius 1 is 1.09 bits per heavy atom. The van der Waals surface area contributed by atoms with Gasteiger partial charge in [-0.2, -0.15) is 13.9 Å². The van der Waals surface area contributed by atoms with Crippen molar-refractivity contribution in [2.45, 2.75) is 45.1 Å². The lowest BCUT2D eigenvalue weighted by Crippen LogP contribution is -2.63. The number of benzene rings is 1. The van der Waals surface area contributed by atoms with Gasteiger partial charge in [-0.15, -0.1) is 0 Å². The standard InChI is InChI=1S/C25H30F2N4O/c1-16(2)17-6-8-19(9-7-17)25(32,23(3)14-31(5)15-23)20-10-18(12-28-13-20)21-11-22(30-29-21)24(4,26)27/h6-13,16,32H,14-15H2,1-5H3,(H,29,30)/t25-/m0/s1.